The molecule has 0 spiro atoms. The van der Waals surface area contributed by atoms with Crippen molar-refractivity contribution in [1.82, 2.24) is 14.5 Å². The Hall–Kier alpha value is -1.61. The van der Waals surface area contributed by atoms with Gasteiger partial charge < -0.3 is 4.57 Å². The average Bonchev–Trinajstić information content (AvgIpc) is 2.56. The molecule has 0 fully saturated rings. The van der Waals surface area contributed by atoms with E-state index in [0.29, 0.717) is 5.28 Å². The molecule has 2 aromatic heterocycles. The smallest absolute Gasteiger partial charge is 0.203 e. The number of halogens is 1. The third kappa shape index (κ3) is 1.13. The van der Waals surface area contributed by atoms with Crippen molar-refractivity contribution in [3.63, 3.8) is 0 Å². The molecule has 0 aliphatic rings. The fourth-order valence-electron chi connectivity index (χ4n) is 1.78. The molecule has 74 valence electrons. The van der Waals surface area contributed by atoms with Crippen molar-refractivity contribution in [1.29, 1.82) is 0 Å². The van der Waals surface area contributed by atoms with Gasteiger partial charge in [0.1, 0.15) is 0 Å². The number of nitrogens with zero attached hydrogens (tertiary/aromatic N) is 3. The molecule has 0 aliphatic heterocycles. The van der Waals surface area contributed by atoms with Crippen LogP contribution in [0.3, 0.4) is 0 Å². The second-order valence-corrected chi connectivity index (χ2v) is 3.78. The van der Waals surface area contributed by atoms with Gasteiger partial charge in [-0.3, -0.25) is 4.98 Å². The molecule has 0 bridgehead atoms. The van der Waals surface area contributed by atoms with Gasteiger partial charge in [-0.2, -0.15) is 0 Å². The first-order chi connectivity index (χ1) is 7.27. The number of aromatic nitrogens is 3. The van der Waals surface area contributed by atoms with Gasteiger partial charge in [-0.15, -0.1) is 0 Å². The maximum atomic E-state index is 5.98. The Kier molecular flexibility index (Phi) is 1.70. The molecule has 0 radical (unpaired) electrons. The Morgan fingerprint density at radius 3 is 3.00 bits per heavy atom. The van der Waals surface area contributed by atoms with Crippen molar-refractivity contribution >= 4 is 33.5 Å². The van der Waals surface area contributed by atoms with Crippen molar-refractivity contribution in [2.75, 3.05) is 0 Å². The first-order valence-corrected chi connectivity index (χ1v) is 5.01. The molecule has 15 heavy (non-hydrogen) atoms. The molecular weight excluding hydrogens is 210 g/mol. The van der Waals surface area contributed by atoms with Crippen LogP contribution in [0.15, 0.2) is 30.5 Å². The Bertz CT molecular complexity index is 657. The molecule has 4 heteroatoms. The fraction of sp³-hybridized carbons (Fsp3) is 0.0909. The monoisotopic (exact) mass is 217 g/mol. The van der Waals surface area contributed by atoms with E-state index in [1.165, 1.54) is 0 Å². The summed E-state index contributed by atoms with van der Waals surface area (Å²) in [6, 6.07) is 7.89. The Balaban J connectivity index is 2.60. The lowest BCUT2D eigenvalue weighted by molar-refractivity contribution is 0.949. The number of benzene rings is 1. The molecule has 0 aliphatic carbocycles. The van der Waals surface area contributed by atoms with Crippen molar-refractivity contribution in [2.24, 2.45) is 7.05 Å². The molecule has 1 aromatic carbocycles. The Labute approximate surface area is 91.3 Å². The summed E-state index contributed by atoms with van der Waals surface area (Å²) < 4.78 is 1.86. The van der Waals surface area contributed by atoms with Crippen molar-refractivity contribution in [2.45, 2.75) is 0 Å². The minimum Gasteiger partial charge on any atom is -0.318 e. The predicted octanol–water partition coefficient (Wildman–Crippen LogP) is 2.77. The molecule has 0 amide bonds. The highest BCUT2D eigenvalue weighted by atomic mass is 35.5. The molecule has 0 saturated heterocycles. The van der Waals surface area contributed by atoms with E-state index in [1.54, 1.807) is 6.20 Å². The average molecular weight is 218 g/mol. The van der Waals surface area contributed by atoms with Crippen LogP contribution >= 0.6 is 11.6 Å². The van der Waals surface area contributed by atoms with Gasteiger partial charge in [-0.25, -0.2) is 4.98 Å². The number of aryl methyl sites for hydroxylation is 1. The van der Waals surface area contributed by atoms with E-state index < -0.39 is 0 Å². The van der Waals surface area contributed by atoms with Gasteiger partial charge in [0.25, 0.3) is 0 Å². The lowest BCUT2D eigenvalue weighted by Crippen LogP contribution is -1.86. The summed E-state index contributed by atoms with van der Waals surface area (Å²) in [7, 11) is 1.90. The third-order valence-corrected chi connectivity index (χ3v) is 2.92. The zero-order valence-corrected chi connectivity index (χ0v) is 8.86. The van der Waals surface area contributed by atoms with Gasteiger partial charge in [0, 0.05) is 18.6 Å². The van der Waals surface area contributed by atoms with Crippen LogP contribution in [0.25, 0.3) is 21.9 Å². The SMILES string of the molecule is Cn1c(Cl)nc2c3cccnc3ccc21. The number of fused-ring (bicyclic) bond motifs is 3. The first-order valence-electron chi connectivity index (χ1n) is 4.63. The molecule has 3 aromatic rings. The highest BCUT2D eigenvalue weighted by molar-refractivity contribution is 6.29. The van der Waals surface area contributed by atoms with E-state index in [-0.39, 0.29) is 0 Å². The lowest BCUT2D eigenvalue weighted by Gasteiger charge is -1.98. The Morgan fingerprint density at radius 1 is 1.27 bits per heavy atom. The number of rotatable bonds is 0. The van der Waals surface area contributed by atoms with E-state index in [1.807, 2.05) is 35.9 Å². The Morgan fingerprint density at radius 2 is 2.13 bits per heavy atom. The van der Waals surface area contributed by atoms with Crippen LogP contribution in [0.5, 0.6) is 0 Å². The van der Waals surface area contributed by atoms with Gasteiger partial charge in [0.05, 0.1) is 16.6 Å². The summed E-state index contributed by atoms with van der Waals surface area (Å²) >= 11 is 5.98. The maximum Gasteiger partial charge on any atom is 0.203 e. The van der Waals surface area contributed by atoms with Crippen LogP contribution in [0, 0.1) is 0 Å². The van der Waals surface area contributed by atoms with Gasteiger partial charge in [0.15, 0.2) is 0 Å². The van der Waals surface area contributed by atoms with Crippen LogP contribution in [0.4, 0.5) is 0 Å². The van der Waals surface area contributed by atoms with Crippen molar-refractivity contribution < 1.29 is 0 Å². The minimum atomic E-state index is 0.501. The van der Waals surface area contributed by atoms with E-state index >= 15 is 0 Å². The van der Waals surface area contributed by atoms with E-state index in [0.717, 1.165) is 21.9 Å². The molecule has 3 rings (SSSR count). The van der Waals surface area contributed by atoms with Crippen molar-refractivity contribution in [3.8, 4) is 0 Å². The second kappa shape index (κ2) is 2.94. The minimum absolute atomic E-state index is 0.501. The molecule has 0 unspecified atom stereocenters. The van der Waals surface area contributed by atoms with Crippen LogP contribution in [0.2, 0.25) is 5.28 Å². The largest absolute Gasteiger partial charge is 0.318 e. The van der Waals surface area contributed by atoms with Crippen molar-refractivity contribution in [3.05, 3.63) is 35.7 Å². The fourth-order valence-corrected chi connectivity index (χ4v) is 1.96. The normalized spacial score (nSPS) is 11.3. The third-order valence-electron chi connectivity index (χ3n) is 2.58. The number of imidazole rings is 1. The van der Waals surface area contributed by atoms with Crippen LogP contribution in [0.1, 0.15) is 0 Å². The zero-order valence-electron chi connectivity index (χ0n) is 8.11. The first kappa shape index (κ1) is 8.68. The summed E-state index contributed by atoms with van der Waals surface area (Å²) in [5, 5.41) is 1.54. The van der Waals surface area contributed by atoms with Gasteiger partial charge in [-0.1, -0.05) is 0 Å². The number of hydrogen-bond acceptors (Lipinski definition) is 2. The second-order valence-electron chi connectivity index (χ2n) is 3.44. The molecule has 0 saturated carbocycles. The predicted molar refractivity (Wildman–Crippen MR) is 61.0 cm³/mol. The van der Waals surface area contributed by atoms with E-state index in [2.05, 4.69) is 9.97 Å². The summed E-state index contributed by atoms with van der Waals surface area (Å²) in [6.45, 7) is 0. The van der Waals surface area contributed by atoms with E-state index in [4.69, 9.17) is 11.6 Å². The standard InChI is InChI=1S/C11H8ClN3/c1-15-9-5-4-8-7(3-2-6-13-8)10(9)14-11(15)12/h2-6H,1H3. The van der Waals surface area contributed by atoms with E-state index in [9.17, 15) is 0 Å². The molecule has 0 N–H and O–H groups in total. The summed E-state index contributed by atoms with van der Waals surface area (Å²) in [5.41, 5.74) is 2.88. The number of hydrogen-bond donors (Lipinski definition) is 0. The number of pyridine rings is 1. The van der Waals surface area contributed by atoms with Crippen LogP contribution in [-0.4, -0.2) is 14.5 Å². The molecule has 0 atom stereocenters. The highest BCUT2D eigenvalue weighted by Gasteiger charge is 2.08. The van der Waals surface area contributed by atoms with Gasteiger partial charge in [0.2, 0.25) is 5.28 Å². The molecular formula is C11H8ClN3. The lowest BCUT2D eigenvalue weighted by atomic mass is 10.2. The molecule has 2 heterocycles. The summed E-state index contributed by atoms with van der Waals surface area (Å²) in [6.07, 6.45) is 1.78. The zero-order chi connectivity index (χ0) is 10.4. The maximum absolute atomic E-state index is 5.98. The topological polar surface area (TPSA) is 30.7 Å². The highest BCUT2D eigenvalue weighted by Crippen LogP contribution is 2.25. The summed E-state index contributed by atoms with van der Waals surface area (Å²) in [4.78, 5) is 8.61. The van der Waals surface area contributed by atoms with Gasteiger partial charge >= 0.3 is 0 Å². The van der Waals surface area contributed by atoms with Crippen LogP contribution < -0.4 is 0 Å². The van der Waals surface area contributed by atoms with Gasteiger partial charge in [-0.05, 0) is 35.9 Å². The molecule has 3 nitrogen and oxygen atoms in total. The quantitative estimate of drug-likeness (QED) is 0.580. The van der Waals surface area contributed by atoms with Crippen LogP contribution in [-0.2, 0) is 7.05 Å². The summed E-state index contributed by atoms with van der Waals surface area (Å²) in [5.74, 6) is 0.